The lowest BCUT2D eigenvalue weighted by Gasteiger charge is -2.10. The summed E-state index contributed by atoms with van der Waals surface area (Å²) in [5.74, 6) is 0.648. The van der Waals surface area contributed by atoms with E-state index in [4.69, 9.17) is 4.98 Å². The minimum absolute atomic E-state index is 0.622. The van der Waals surface area contributed by atoms with Crippen LogP contribution in [0.1, 0.15) is 26.2 Å². The molecule has 0 fully saturated rings. The average molecular weight is 487 g/mol. The number of nitrogens with zero attached hydrogens (tertiary/aromatic N) is 5. The Bertz CT molecular complexity index is 1710. The molecule has 0 saturated carbocycles. The summed E-state index contributed by atoms with van der Waals surface area (Å²) in [7, 11) is 0. The highest BCUT2D eigenvalue weighted by atomic mass is 15.1. The van der Waals surface area contributed by atoms with Crippen molar-refractivity contribution in [1.82, 2.24) is 35.1 Å². The first-order valence-corrected chi connectivity index (χ1v) is 12.3. The number of benzene rings is 1. The average Bonchev–Trinajstić information content (AvgIpc) is 3.56. The van der Waals surface area contributed by atoms with E-state index < -0.39 is 0 Å². The van der Waals surface area contributed by atoms with Crippen LogP contribution < -0.4 is 5.32 Å². The fourth-order valence-corrected chi connectivity index (χ4v) is 4.46. The second-order valence-corrected chi connectivity index (χ2v) is 8.98. The van der Waals surface area contributed by atoms with Gasteiger partial charge >= 0.3 is 0 Å². The standard InChI is InChI=1S/C29H26N8/c1-3-4-7-18(2)33-21-14-20(16-30-17-21)19-9-10-25-23(15-19)27(37-36-25)29-34-26-22(11-13-32-28(26)35-29)24-8-5-6-12-31-24/h5-6,8-17,33H,2-4,7H2,1H3,(H,36,37)(H,32,34,35). The molecule has 8 heteroatoms. The molecule has 0 aliphatic carbocycles. The Kier molecular flexibility index (Phi) is 5.90. The molecule has 37 heavy (non-hydrogen) atoms. The lowest BCUT2D eigenvalue weighted by atomic mass is 10.0. The van der Waals surface area contributed by atoms with Gasteiger partial charge in [0.1, 0.15) is 5.69 Å². The van der Waals surface area contributed by atoms with E-state index in [-0.39, 0.29) is 0 Å². The number of rotatable bonds is 8. The van der Waals surface area contributed by atoms with Crippen molar-refractivity contribution in [3.05, 3.63) is 85.6 Å². The maximum Gasteiger partial charge on any atom is 0.178 e. The summed E-state index contributed by atoms with van der Waals surface area (Å²) in [6.07, 6.45) is 10.4. The Balaban J connectivity index is 1.37. The molecule has 5 heterocycles. The fraction of sp³-hybridized carbons (Fsp3) is 0.138. The first-order valence-electron chi connectivity index (χ1n) is 12.3. The molecule has 0 amide bonds. The molecule has 3 N–H and O–H groups in total. The summed E-state index contributed by atoms with van der Waals surface area (Å²) in [4.78, 5) is 21.6. The molecule has 182 valence electrons. The minimum Gasteiger partial charge on any atom is -0.358 e. The van der Waals surface area contributed by atoms with Gasteiger partial charge in [-0.15, -0.1) is 0 Å². The van der Waals surface area contributed by atoms with Crippen LogP contribution in [0.25, 0.3) is 56.0 Å². The molecule has 1 aromatic carbocycles. The highest BCUT2D eigenvalue weighted by Gasteiger charge is 2.16. The van der Waals surface area contributed by atoms with Crippen LogP contribution in [0.2, 0.25) is 0 Å². The zero-order chi connectivity index (χ0) is 25.2. The molecular formula is C29H26N8. The van der Waals surface area contributed by atoms with Crippen molar-refractivity contribution >= 4 is 27.8 Å². The predicted octanol–water partition coefficient (Wildman–Crippen LogP) is 6.74. The van der Waals surface area contributed by atoms with Gasteiger partial charge < -0.3 is 10.3 Å². The first-order chi connectivity index (χ1) is 18.2. The zero-order valence-electron chi connectivity index (χ0n) is 20.5. The lowest BCUT2D eigenvalue weighted by molar-refractivity contribution is 0.791. The predicted molar refractivity (Wildman–Crippen MR) is 148 cm³/mol. The number of H-pyrrole nitrogens is 2. The number of imidazole rings is 1. The second kappa shape index (κ2) is 9.66. The van der Waals surface area contributed by atoms with Gasteiger partial charge in [0.25, 0.3) is 0 Å². The minimum atomic E-state index is 0.622. The Morgan fingerprint density at radius 1 is 1.00 bits per heavy atom. The number of unbranched alkanes of at least 4 members (excludes halogenated alkanes) is 1. The summed E-state index contributed by atoms with van der Waals surface area (Å²) in [5, 5.41) is 12.1. The first kappa shape index (κ1) is 22.6. The topological polar surface area (TPSA) is 108 Å². The molecular weight excluding hydrogens is 460 g/mol. The van der Waals surface area contributed by atoms with Gasteiger partial charge in [-0.2, -0.15) is 5.10 Å². The van der Waals surface area contributed by atoms with Gasteiger partial charge in [0, 0.05) is 40.8 Å². The number of anilines is 1. The molecule has 6 aromatic rings. The molecule has 8 nitrogen and oxygen atoms in total. The van der Waals surface area contributed by atoms with Crippen LogP contribution in [-0.2, 0) is 0 Å². The van der Waals surface area contributed by atoms with E-state index in [1.54, 1.807) is 12.4 Å². The lowest BCUT2D eigenvalue weighted by Crippen LogP contribution is -1.98. The van der Waals surface area contributed by atoms with E-state index in [1.807, 2.05) is 42.7 Å². The van der Waals surface area contributed by atoms with Crippen LogP contribution >= 0.6 is 0 Å². The number of aromatic nitrogens is 7. The van der Waals surface area contributed by atoms with Crippen molar-refractivity contribution < 1.29 is 0 Å². The number of pyridine rings is 3. The maximum absolute atomic E-state index is 4.76. The van der Waals surface area contributed by atoms with Crippen molar-refractivity contribution in [3.8, 4) is 33.9 Å². The molecule has 0 spiro atoms. The van der Waals surface area contributed by atoms with Crippen LogP contribution in [0.3, 0.4) is 0 Å². The van der Waals surface area contributed by atoms with Crippen LogP contribution in [0.5, 0.6) is 0 Å². The van der Waals surface area contributed by atoms with Crippen LogP contribution in [0.4, 0.5) is 5.69 Å². The monoisotopic (exact) mass is 486 g/mol. The van der Waals surface area contributed by atoms with Crippen molar-refractivity contribution in [2.45, 2.75) is 26.2 Å². The van der Waals surface area contributed by atoms with Gasteiger partial charge in [0.2, 0.25) is 0 Å². The molecule has 6 rings (SSSR count). The molecule has 5 aromatic heterocycles. The molecule has 0 aliphatic rings. The van der Waals surface area contributed by atoms with Crippen LogP contribution in [0.15, 0.2) is 85.6 Å². The van der Waals surface area contributed by atoms with Crippen molar-refractivity contribution in [2.75, 3.05) is 5.32 Å². The SMILES string of the molecule is C=C(CCCC)Nc1cncc(-c2ccc3[nH]nc(-c4nc5nccc(-c6ccccn6)c5[nH]4)c3c2)c1. The van der Waals surface area contributed by atoms with Crippen LogP contribution in [0, 0.1) is 0 Å². The van der Waals surface area contributed by atoms with E-state index in [9.17, 15) is 0 Å². The number of hydrogen-bond donors (Lipinski definition) is 3. The van der Waals surface area contributed by atoms with Gasteiger partial charge in [-0.05, 0) is 54.8 Å². The van der Waals surface area contributed by atoms with E-state index in [0.717, 1.165) is 75.1 Å². The molecule has 0 aliphatic heterocycles. The van der Waals surface area contributed by atoms with Gasteiger partial charge in [0.05, 0.1) is 28.6 Å². The van der Waals surface area contributed by atoms with E-state index >= 15 is 0 Å². The summed E-state index contributed by atoms with van der Waals surface area (Å²) < 4.78 is 0. The second-order valence-electron chi connectivity index (χ2n) is 8.98. The van der Waals surface area contributed by atoms with E-state index in [0.29, 0.717) is 11.5 Å². The molecule has 0 bridgehead atoms. The Morgan fingerprint density at radius 2 is 1.95 bits per heavy atom. The van der Waals surface area contributed by atoms with Crippen LogP contribution in [-0.4, -0.2) is 35.1 Å². The molecule has 0 unspecified atom stereocenters. The largest absolute Gasteiger partial charge is 0.358 e. The smallest absolute Gasteiger partial charge is 0.178 e. The molecule has 0 saturated heterocycles. The zero-order valence-corrected chi connectivity index (χ0v) is 20.5. The summed E-state index contributed by atoms with van der Waals surface area (Å²) in [6, 6.07) is 16.1. The summed E-state index contributed by atoms with van der Waals surface area (Å²) in [5.41, 5.74) is 8.88. The van der Waals surface area contributed by atoms with Gasteiger partial charge in [-0.25, -0.2) is 9.97 Å². The molecule has 0 atom stereocenters. The number of nitrogens with one attached hydrogen (secondary N) is 3. The number of fused-ring (bicyclic) bond motifs is 2. The number of allylic oxidation sites excluding steroid dienone is 1. The van der Waals surface area contributed by atoms with Crippen molar-refractivity contribution in [2.24, 2.45) is 0 Å². The highest BCUT2D eigenvalue weighted by molar-refractivity contribution is 5.97. The van der Waals surface area contributed by atoms with Gasteiger partial charge in [-0.3, -0.25) is 15.1 Å². The third-order valence-corrected chi connectivity index (χ3v) is 6.34. The number of aromatic amines is 2. The Labute approximate surface area is 214 Å². The van der Waals surface area contributed by atoms with E-state index in [2.05, 4.69) is 67.2 Å². The quantitative estimate of drug-likeness (QED) is 0.220. The van der Waals surface area contributed by atoms with Crippen molar-refractivity contribution in [3.63, 3.8) is 0 Å². The van der Waals surface area contributed by atoms with Crippen molar-refractivity contribution in [1.29, 1.82) is 0 Å². The molecule has 0 radical (unpaired) electrons. The van der Waals surface area contributed by atoms with E-state index in [1.165, 1.54) is 0 Å². The summed E-state index contributed by atoms with van der Waals surface area (Å²) in [6.45, 7) is 6.32. The normalized spacial score (nSPS) is 11.3. The highest BCUT2D eigenvalue weighted by Crippen LogP contribution is 2.32. The third kappa shape index (κ3) is 4.45. The maximum atomic E-state index is 4.76. The Morgan fingerprint density at radius 3 is 2.81 bits per heavy atom. The van der Waals surface area contributed by atoms with Gasteiger partial charge in [0.15, 0.2) is 11.5 Å². The summed E-state index contributed by atoms with van der Waals surface area (Å²) >= 11 is 0. The Hall–Kier alpha value is -4.85. The third-order valence-electron chi connectivity index (χ3n) is 6.34. The van der Waals surface area contributed by atoms with Gasteiger partial charge in [-0.1, -0.05) is 32.1 Å². The number of hydrogen-bond acceptors (Lipinski definition) is 6. The fourth-order valence-electron chi connectivity index (χ4n) is 4.46.